The van der Waals surface area contributed by atoms with Crippen LogP contribution in [0.1, 0.15) is 28.8 Å². The number of aryl methyl sites for hydroxylation is 2. The highest BCUT2D eigenvalue weighted by atomic mass is 16.5. The third kappa shape index (κ3) is 2.85. The number of ether oxygens (including phenoxy) is 1. The molecule has 0 radical (unpaired) electrons. The van der Waals surface area contributed by atoms with Crippen molar-refractivity contribution in [3.63, 3.8) is 0 Å². The van der Waals surface area contributed by atoms with Crippen molar-refractivity contribution < 1.29 is 18.7 Å². The maximum absolute atomic E-state index is 12.6. The smallest absolute Gasteiger partial charge is 0.330 e. The Morgan fingerprint density at radius 2 is 2.25 bits per heavy atom. The molecule has 1 saturated heterocycles. The summed E-state index contributed by atoms with van der Waals surface area (Å²) in [6.07, 6.45) is 0. The third-order valence-electron chi connectivity index (χ3n) is 3.33. The van der Waals surface area contributed by atoms with Crippen LogP contribution in [0.15, 0.2) is 10.5 Å². The molecule has 1 aromatic heterocycles. The first-order chi connectivity index (χ1) is 9.54. The molecule has 1 fully saturated rings. The number of nitrogens with one attached hydrogen (secondary N) is 1. The topological polar surface area (TPSA) is 71.8 Å². The normalized spacial score (nSPS) is 18.9. The third-order valence-corrected chi connectivity index (χ3v) is 3.33. The van der Waals surface area contributed by atoms with Crippen LogP contribution in [0, 0.1) is 13.8 Å². The minimum absolute atomic E-state index is 0.182. The van der Waals surface area contributed by atoms with Crippen molar-refractivity contribution in [2.45, 2.75) is 26.8 Å². The molecule has 0 aromatic carbocycles. The van der Waals surface area contributed by atoms with E-state index >= 15 is 0 Å². The van der Waals surface area contributed by atoms with Crippen molar-refractivity contribution in [2.75, 3.05) is 26.2 Å². The summed E-state index contributed by atoms with van der Waals surface area (Å²) >= 11 is 0. The van der Waals surface area contributed by atoms with E-state index in [4.69, 9.17) is 9.15 Å². The Morgan fingerprint density at radius 1 is 1.50 bits per heavy atom. The number of amides is 1. The first kappa shape index (κ1) is 14.6. The summed E-state index contributed by atoms with van der Waals surface area (Å²) in [6.45, 7) is 7.17. The minimum atomic E-state index is -0.578. The Labute approximate surface area is 118 Å². The Kier molecular flexibility index (Phi) is 4.44. The Hall–Kier alpha value is -1.82. The van der Waals surface area contributed by atoms with Crippen LogP contribution >= 0.6 is 0 Å². The number of carbonyl (C=O) groups is 2. The van der Waals surface area contributed by atoms with Gasteiger partial charge in [0.2, 0.25) is 0 Å². The maximum atomic E-state index is 12.6. The van der Waals surface area contributed by atoms with E-state index < -0.39 is 6.04 Å². The molecule has 2 rings (SSSR count). The molecule has 1 aromatic rings. The van der Waals surface area contributed by atoms with Crippen molar-refractivity contribution in [1.29, 1.82) is 0 Å². The van der Waals surface area contributed by atoms with Gasteiger partial charge in [-0.1, -0.05) is 0 Å². The molecule has 1 N–H and O–H groups in total. The number of rotatable bonds is 3. The van der Waals surface area contributed by atoms with Crippen LogP contribution in [-0.2, 0) is 9.53 Å². The number of hydrogen-bond donors (Lipinski definition) is 1. The number of hydrogen-bond acceptors (Lipinski definition) is 5. The molecule has 0 aliphatic carbocycles. The van der Waals surface area contributed by atoms with Crippen molar-refractivity contribution in [1.82, 2.24) is 10.2 Å². The molecule has 1 unspecified atom stereocenters. The van der Waals surface area contributed by atoms with E-state index in [-0.39, 0.29) is 11.9 Å². The average molecular weight is 280 g/mol. The maximum Gasteiger partial charge on any atom is 0.330 e. The zero-order valence-electron chi connectivity index (χ0n) is 12.1. The highest BCUT2D eigenvalue weighted by Gasteiger charge is 2.34. The fourth-order valence-electron chi connectivity index (χ4n) is 2.39. The quantitative estimate of drug-likeness (QED) is 0.832. The van der Waals surface area contributed by atoms with Crippen LogP contribution in [-0.4, -0.2) is 49.1 Å². The molecule has 1 atom stereocenters. The van der Waals surface area contributed by atoms with Crippen molar-refractivity contribution in [3.05, 3.63) is 23.2 Å². The van der Waals surface area contributed by atoms with E-state index in [2.05, 4.69) is 5.32 Å². The first-order valence-electron chi connectivity index (χ1n) is 6.80. The lowest BCUT2D eigenvalue weighted by molar-refractivity contribution is -0.149. The van der Waals surface area contributed by atoms with E-state index in [0.717, 1.165) is 0 Å². The molecule has 0 saturated carbocycles. The van der Waals surface area contributed by atoms with Crippen molar-refractivity contribution >= 4 is 11.9 Å². The van der Waals surface area contributed by atoms with Gasteiger partial charge in [0.05, 0.1) is 12.2 Å². The molecule has 2 heterocycles. The highest BCUT2D eigenvalue weighted by Crippen LogP contribution is 2.18. The van der Waals surface area contributed by atoms with E-state index in [0.29, 0.717) is 43.3 Å². The van der Waals surface area contributed by atoms with Gasteiger partial charge in [-0.15, -0.1) is 0 Å². The summed E-state index contributed by atoms with van der Waals surface area (Å²) in [4.78, 5) is 26.1. The summed E-state index contributed by atoms with van der Waals surface area (Å²) in [5, 5.41) is 3.11. The fourth-order valence-corrected chi connectivity index (χ4v) is 2.39. The lowest BCUT2D eigenvalue weighted by atomic mass is 10.1. The average Bonchev–Trinajstić information content (AvgIpc) is 2.77. The molecule has 1 amide bonds. The van der Waals surface area contributed by atoms with Gasteiger partial charge in [-0.25, -0.2) is 4.79 Å². The first-order valence-corrected chi connectivity index (χ1v) is 6.80. The van der Waals surface area contributed by atoms with Gasteiger partial charge in [-0.2, -0.15) is 0 Å². The van der Waals surface area contributed by atoms with Gasteiger partial charge in [0.1, 0.15) is 17.6 Å². The van der Waals surface area contributed by atoms with E-state index in [1.807, 2.05) is 0 Å². The van der Waals surface area contributed by atoms with Crippen molar-refractivity contribution in [3.8, 4) is 0 Å². The lowest BCUT2D eigenvalue weighted by Crippen LogP contribution is -2.57. The standard InChI is InChI=1S/C14H20N2O4/c1-4-19-14(18)12-8-15-5-6-16(12)13(17)11-7-9(2)20-10(11)3/h7,12,15H,4-6,8H2,1-3H3. The van der Waals surface area contributed by atoms with Gasteiger partial charge in [0.25, 0.3) is 5.91 Å². The molecule has 0 bridgehead atoms. The molecule has 1 aliphatic heterocycles. The summed E-state index contributed by atoms with van der Waals surface area (Å²) in [5.41, 5.74) is 0.513. The molecule has 6 heteroatoms. The van der Waals surface area contributed by atoms with Crippen LogP contribution < -0.4 is 5.32 Å². The van der Waals surface area contributed by atoms with E-state index in [9.17, 15) is 9.59 Å². The number of carbonyl (C=O) groups excluding carboxylic acids is 2. The second-order valence-corrected chi connectivity index (χ2v) is 4.80. The van der Waals surface area contributed by atoms with Gasteiger partial charge >= 0.3 is 5.97 Å². The summed E-state index contributed by atoms with van der Waals surface area (Å²) in [6, 6.07) is 1.13. The molecule has 20 heavy (non-hydrogen) atoms. The number of furan rings is 1. The molecule has 1 aliphatic rings. The lowest BCUT2D eigenvalue weighted by Gasteiger charge is -2.34. The second-order valence-electron chi connectivity index (χ2n) is 4.80. The number of nitrogens with zero attached hydrogens (tertiary/aromatic N) is 1. The van der Waals surface area contributed by atoms with Crippen LogP contribution in [0.4, 0.5) is 0 Å². The number of esters is 1. The monoisotopic (exact) mass is 280 g/mol. The van der Waals surface area contributed by atoms with Gasteiger partial charge in [-0.3, -0.25) is 4.79 Å². The van der Waals surface area contributed by atoms with Gasteiger partial charge in [0.15, 0.2) is 0 Å². The summed E-state index contributed by atoms with van der Waals surface area (Å²) in [7, 11) is 0. The van der Waals surface area contributed by atoms with E-state index in [1.165, 1.54) is 0 Å². The van der Waals surface area contributed by atoms with Crippen LogP contribution in [0.3, 0.4) is 0 Å². The largest absolute Gasteiger partial charge is 0.466 e. The van der Waals surface area contributed by atoms with Gasteiger partial charge in [-0.05, 0) is 26.8 Å². The minimum Gasteiger partial charge on any atom is -0.466 e. The fraction of sp³-hybridized carbons (Fsp3) is 0.571. The van der Waals surface area contributed by atoms with E-state index in [1.54, 1.807) is 31.7 Å². The van der Waals surface area contributed by atoms with Gasteiger partial charge in [0, 0.05) is 19.6 Å². The number of piperazine rings is 1. The summed E-state index contributed by atoms with van der Waals surface area (Å²) in [5.74, 6) is 0.715. The molecule has 6 nitrogen and oxygen atoms in total. The second kappa shape index (κ2) is 6.09. The predicted octanol–water partition coefficient (Wildman–Crippen LogP) is 0.874. The van der Waals surface area contributed by atoms with Gasteiger partial charge < -0.3 is 19.4 Å². The predicted molar refractivity (Wildman–Crippen MR) is 72.5 cm³/mol. The summed E-state index contributed by atoms with van der Waals surface area (Å²) < 4.78 is 10.4. The Balaban J connectivity index is 2.21. The molecular formula is C14H20N2O4. The zero-order chi connectivity index (χ0) is 14.7. The Morgan fingerprint density at radius 3 is 2.85 bits per heavy atom. The molecular weight excluding hydrogens is 260 g/mol. The highest BCUT2D eigenvalue weighted by molar-refractivity contribution is 5.98. The van der Waals surface area contributed by atoms with Crippen LogP contribution in [0.25, 0.3) is 0 Å². The molecule has 0 spiro atoms. The SMILES string of the molecule is CCOC(=O)C1CNCCN1C(=O)c1cc(C)oc1C. The van der Waals surface area contributed by atoms with Crippen LogP contribution in [0.2, 0.25) is 0 Å². The van der Waals surface area contributed by atoms with Crippen LogP contribution in [0.5, 0.6) is 0 Å². The zero-order valence-corrected chi connectivity index (χ0v) is 12.1. The van der Waals surface area contributed by atoms with Crippen molar-refractivity contribution in [2.24, 2.45) is 0 Å². The molecule has 110 valence electrons. The Bertz CT molecular complexity index is 509.